The molecule has 2 aromatic carbocycles. The van der Waals surface area contributed by atoms with Crippen molar-refractivity contribution in [2.45, 2.75) is 25.9 Å². The molecule has 0 spiro atoms. The highest BCUT2D eigenvalue weighted by Gasteiger charge is 2.49. The van der Waals surface area contributed by atoms with Crippen molar-refractivity contribution in [2.24, 2.45) is 0 Å². The van der Waals surface area contributed by atoms with Gasteiger partial charge in [-0.25, -0.2) is 9.18 Å². The summed E-state index contributed by atoms with van der Waals surface area (Å²) in [4.78, 5) is 40.6. The largest absolute Gasteiger partial charge is 0.337 e. The zero-order valence-electron chi connectivity index (χ0n) is 16.7. The average Bonchev–Trinajstić information content (AvgIpc) is 2.96. The van der Waals surface area contributed by atoms with Gasteiger partial charge in [-0.3, -0.25) is 14.5 Å². The average molecular weight is 408 g/mol. The lowest BCUT2D eigenvalue weighted by atomic mass is 9.91. The number of nitrogens with zero attached hydrogens (tertiary/aromatic N) is 3. The smallest absolute Gasteiger partial charge is 0.325 e. The predicted octanol–water partition coefficient (Wildman–Crippen LogP) is 2.51. The first-order valence-electron chi connectivity index (χ1n) is 9.45. The molecule has 0 radical (unpaired) electrons. The molecule has 1 aliphatic rings. The monoisotopic (exact) mass is 408 g/mol. The summed E-state index contributed by atoms with van der Waals surface area (Å²) < 4.78 is 13.4. The molecule has 4 amide bonds. The minimum atomic E-state index is -1.37. The number of carbonyl (C=O) groups is 3. The molecule has 154 valence electrons. The summed E-state index contributed by atoms with van der Waals surface area (Å²) in [5.41, 5.74) is 0.0594. The lowest BCUT2D eigenvalue weighted by Gasteiger charge is -2.25. The van der Waals surface area contributed by atoms with Gasteiger partial charge in [0.05, 0.1) is 11.6 Å². The van der Waals surface area contributed by atoms with E-state index in [1.807, 2.05) is 6.07 Å². The molecule has 0 saturated carbocycles. The molecule has 3 rings (SSSR count). The fourth-order valence-corrected chi connectivity index (χ4v) is 3.40. The molecule has 1 fully saturated rings. The van der Waals surface area contributed by atoms with Crippen LogP contribution in [0.25, 0.3) is 0 Å². The van der Waals surface area contributed by atoms with Gasteiger partial charge in [-0.15, -0.1) is 0 Å². The van der Waals surface area contributed by atoms with Gasteiger partial charge in [0.15, 0.2) is 0 Å². The van der Waals surface area contributed by atoms with Gasteiger partial charge < -0.3 is 10.2 Å². The van der Waals surface area contributed by atoms with Crippen molar-refractivity contribution in [1.82, 2.24) is 15.1 Å². The van der Waals surface area contributed by atoms with Crippen molar-refractivity contribution in [2.75, 3.05) is 13.1 Å². The molecule has 0 unspecified atom stereocenters. The molecule has 0 aromatic heterocycles. The van der Waals surface area contributed by atoms with Crippen molar-refractivity contribution < 1.29 is 18.8 Å². The zero-order valence-corrected chi connectivity index (χ0v) is 16.7. The zero-order chi connectivity index (χ0) is 21.9. The fraction of sp³-hybridized carbons (Fsp3) is 0.273. The van der Waals surface area contributed by atoms with Crippen LogP contribution in [0.5, 0.6) is 0 Å². The van der Waals surface area contributed by atoms with Gasteiger partial charge in [0, 0.05) is 13.1 Å². The van der Waals surface area contributed by atoms with Crippen molar-refractivity contribution >= 4 is 17.8 Å². The minimum absolute atomic E-state index is 0.165. The first-order valence-corrected chi connectivity index (χ1v) is 9.45. The first-order chi connectivity index (χ1) is 14.3. The highest BCUT2D eigenvalue weighted by Crippen LogP contribution is 2.29. The third-order valence-electron chi connectivity index (χ3n) is 5.13. The Morgan fingerprint density at radius 3 is 2.63 bits per heavy atom. The molecule has 30 heavy (non-hydrogen) atoms. The van der Waals surface area contributed by atoms with Crippen LogP contribution >= 0.6 is 0 Å². The Kier molecular flexibility index (Phi) is 5.83. The standard InChI is InChI=1S/C22H21FN4O3/c1-3-26(13-16-7-5-9-18(23)11-16)19(28)14-27-20(29)22(2,25-21(27)30)17-8-4-6-15(10-17)12-24/h4-11H,3,13-14H2,1-2H3,(H,25,30)/t22-/m0/s1. The van der Waals surface area contributed by atoms with Crippen molar-refractivity contribution in [3.8, 4) is 6.07 Å². The van der Waals surface area contributed by atoms with E-state index in [4.69, 9.17) is 5.26 Å². The molecule has 7 nitrogen and oxygen atoms in total. The van der Waals surface area contributed by atoms with Crippen LogP contribution in [0, 0.1) is 17.1 Å². The molecule has 1 heterocycles. The Morgan fingerprint density at radius 1 is 1.23 bits per heavy atom. The van der Waals surface area contributed by atoms with E-state index >= 15 is 0 Å². The summed E-state index contributed by atoms with van der Waals surface area (Å²) in [6.07, 6.45) is 0. The van der Waals surface area contributed by atoms with Crippen LogP contribution in [0.4, 0.5) is 9.18 Å². The van der Waals surface area contributed by atoms with Crippen LogP contribution in [-0.4, -0.2) is 40.7 Å². The SMILES string of the molecule is CCN(Cc1cccc(F)c1)C(=O)CN1C(=O)N[C@@](C)(c2cccc(C#N)c2)C1=O. The maximum atomic E-state index is 13.4. The van der Waals surface area contributed by atoms with E-state index in [-0.39, 0.29) is 6.54 Å². The third-order valence-corrected chi connectivity index (χ3v) is 5.13. The quantitative estimate of drug-likeness (QED) is 0.744. The molecular formula is C22H21FN4O3. The molecular weight excluding hydrogens is 387 g/mol. The summed E-state index contributed by atoms with van der Waals surface area (Å²) in [6.45, 7) is 3.37. The first kappa shape index (κ1) is 21.0. The number of rotatable bonds is 6. The molecule has 2 aromatic rings. The normalized spacial score (nSPS) is 18.1. The topological polar surface area (TPSA) is 93.5 Å². The van der Waals surface area contributed by atoms with Gasteiger partial charge >= 0.3 is 6.03 Å². The van der Waals surface area contributed by atoms with Gasteiger partial charge in [-0.05, 0) is 49.2 Å². The number of hydrogen-bond donors (Lipinski definition) is 1. The van der Waals surface area contributed by atoms with Crippen LogP contribution in [0.1, 0.15) is 30.5 Å². The summed E-state index contributed by atoms with van der Waals surface area (Å²) in [5.74, 6) is -1.40. The molecule has 8 heteroatoms. The number of likely N-dealkylation sites (N-methyl/N-ethyl adjacent to an activating group) is 1. The van der Waals surface area contributed by atoms with E-state index in [1.165, 1.54) is 23.1 Å². The second-order valence-corrected chi connectivity index (χ2v) is 7.18. The van der Waals surface area contributed by atoms with Crippen LogP contribution in [0.3, 0.4) is 0 Å². The number of halogens is 1. The summed E-state index contributed by atoms with van der Waals surface area (Å²) in [6, 6.07) is 13.6. The van der Waals surface area contributed by atoms with Crippen LogP contribution < -0.4 is 5.32 Å². The minimum Gasteiger partial charge on any atom is -0.337 e. The van der Waals surface area contributed by atoms with Crippen molar-refractivity contribution in [1.29, 1.82) is 5.26 Å². The highest BCUT2D eigenvalue weighted by molar-refractivity contribution is 6.09. The molecule has 0 bridgehead atoms. The Morgan fingerprint density at radius 2 is 1.97 bits per heavy atom. The van der Waals surface area contributed by atoms with Gasteiger partial charge in [0.2, 0.25) is 5.91 Å². The lowest BCUT2D eigenvalue weighted by Crippen LogP contribution is -2.44. The predicted molar refractivity (Wildman–Crippen MR) is 106 cm³/mol. The number of carbonyl (C=O) groups excluding carboxylic acids is 3. The molecule has 1 saturated heterocycles. The maximum Gasteiger partial charge on any atom is 0.325 e. The second-order valence-electron chi connectivity index (χ2n) is 7.18. The fourth-order valence-electron chi connectivity index (χ4n) is 3.40. The van der Waals surface area contributed by atoms with E-state index < -0.39 is 35.7 Å². The van der Waals surface area contributed by atoms with Crippen molar-refractivity contribution in [3.63, 3.8) is 0 Å². The number of benzene rings is 2. The van der Waals surface area contributed by atoms with Gasteiger partial charge in [0.25, 0.3) is 5.91 Å². The van der Waals surface area contributed by atoms with Crippen molar-refractivity contribution in [3.05, 3.63) is 71.0 Å². The Bertz CT molecular complexity index is 1050. The number of nitriles is 1. The van der Waals surface area contributed by atoms with E-state index in [2.05, 4.69) is 5.32 Å². The van der Waals surface area contributed by atoms with Gasteiger partial charge in [-0.2, -0.15) is 5.26 Å². The van der Waals surface area contributed by atoms with E-state index in [1.54, 1.807) is 44.2 Å². The number of amides is 4. The number of nitrogens with one attached hydrogen (secondary N) is 1. The van der Waals surface area contributed by atoms with Gasteiger partial charge in [-0.1, -0.05) is 24.3 Å². The Balaban J connectivity index is 1.77. The van der Waals surface area contributed by atoms with Crippen LogP contribution in [-0.2, 0) is 21.7 Å². The van der Waals surface area contributed by atoms with Gasteiger partial charge in [0.1, 0.15) is 17.9 Å². The maximum absolute atomic E-state index is 13.4. The lowest BCUT2D eigenvalue weighted by molar-refractivity contribution is -0.139. The summed E-state index contributed by atoms with van der Waals surface area (Å²) in [7, 11) is 0. The Hall–Kier alpha value is -3.73. The number of imide groups is 1. The van der Waals surface area contributed by atoms with E-state index in [0.29, 0.717) is 23.2 Å². The van der Waals surface area contributed by atoms with Crippen LogP contribution in [0.2, 0.25) is 0 Å². The number of hydrogen-bond acceptors (Lipinski definition) is 4. The number of urea groups is 1. The molecule has 1 N–H and O–H groups in total. The van der Waals surface area contributed by atoms with Crippen LogP contribution in [0.15, 0.2) is 48.5 Å². The van der Waals surface area contributed by atoms with E-state index in [0.717, 1.165) is 4.90 Å². The summed E-state index contributed by atoms with van der Waals surface area (Å²) in [5, 5.41) is 11.7. The summed E-state index contributed by atoms with van der Waals surface area (Å²) >= 11 is 0. The molecule has 1 atom stereocenters. The Labute approximate surface area is 173 Å². The molecule has 0 aliphatic carbocycles. The van der Waals surface area contributed by atoms with E-state index in [9.17, 15) is 18.8 Å². The third kappa shape index (κ3) is 4.01. The second kappa shape index (κ2) is 8.33. The highest BCUT2D eigenvalue weighted by atomic mass is 19.1. The molecule has 1 aliphatic heterocycles.